The van der Waals surface area contributed by atoms with Crippen LogP contribution in [0.3, 0.4) is 0 Å². The summed E-state index contributed by atoms with van der Waals surface area (Å²) in [5.74, 6) is 0.567. The van der Waals surface area contributed by atoms with Crippen LogP contribution in [0, 0.1) is 0 Å². The normalized spacial score (nSPS) is 14.4. The fourth-order valence-electron chi connectivity index (χ4n) is 4.63. The zero-order chi connectivity index (χ0) is 25.2. The SMILES string of the molecule is O=C(NC1CCCC1)[C@H](Cc1ccccc1)N(Cc1ccccc1)C(=O)CCSc1ccc(Cl)cc1. The lowest BCUT2D eigenvalue weighted by atomic mass is 10.0. The highest BCUT2D eigenvalue weighted by molar-refractivity contribution is 7.99. The molecule has 0 unspecified atom stereocenters. The molecule has 0 aliphatic heterocycles. The van der Waals surface area contributed by atoms with Gasteiger partial charge >= 0.3 is 0 Å². The standard InChI is InChI=1S/C30H33ClN2O2S/c31-25-15-17-27(18-16-25)36-20-19-29(34)33(22-24-11-5-2-6-12-24)28(21-23-9-3-1-4-10-23)30(35)32-26-13-7-8-14-26/h1-6,9-12,15-18,26,28H,7-8,13-14,19-22H2,(H,32,35)/t28-/m0/s1. The molecule has 36 heavy (non-hydrogen) atoms. The Labute approximate surface area is 223 Å². The van der Waals surface area contributed by atoms with Crippen molar-refractivity contribution in [3.63, 3.8) is 0 Å². The Hall–Kier alpha value is -2.76. The molecule has 6 heteroatoms. The van der Waals surface area contributed by atoms with E-state index in [1.54, 1.807) is 16.7 Å². The molecule has 3 aromatic carbocycles. The lowest BCUT2D eigenvalue weighted by Crippen LogP contribution is -2.52. The van der Waals surface area contributed by atoms with Crippen molar-refractivity contribution in [2.75, 3.05) is 5.75 Å². The van der Waals surface area contributed by atoms with Crippen molar-refractivity contribution in [2.24, 2.45) is 0 Å². The minimum atomic E-state index is -0.568. The molecular formula is C30H33ClN2O2S. The van der Waals surface area contributed by atoms with E-state index in [9.17, 15) is 9.59 Å². The number of nitrogens with one attached hydrogen (secondary N) is 1. The van der Waals surface area contributed by atoms with Crippen LogP contribution in [0.5, 0.6) is 0 Å². The molecule has 0 bridgehead atoms. The number of carbonyl (C=O) groups is 2. The molecule has 4 rings (SSSR count). The zero-order valence-corrected chi connectivity index (χ0v) is 22.0. The summed E-state index contributed by atoms with van der Waals surface area (Å²) in [6, 6.07) is 27.2. The fraction of sp³-hybridized carbons (Fsp3) is 0.333. The molecule has 0 aromatic heterocycles. The molecule has 1 saturated carbocycles. The van der Waals surface area contributed by atoms with Gasteiger partial charge < -0.3 is 10.2 Å². The molecule has 1 aliphatic rings. The largest absolute Gasteiger partial charge is 0.352 e. The van der Waals surface area contributed by atoms with Crippen LogP contribution in [0.1, 0.15) is 43.2 Å². The summed E-state index contributed by atoms with van der Waals surface area (Å²) in [7, 11) is 0. The van der Waals surface area contributed by atoms with E-state index in [4.69, 9.17) is 11.6 Å². The first kappa shape index (κ1) is 26.3. The van der Waals surface area contributed by atoms with Crippen molar-refractivity contribution in [2.45, 2.75) is 62.0 Å². The third kappa shape index (κ3) is 7.87. The Morgan fingerprint density at radius 1 is 0.889 bits per heavy atom. The smallest absolute Gasteiger partial charge is 0.243 e. The summed E-state index contributed by atoms with van der Waals surface area (Å²) in [6.45, 7) is 0.404. The van der Waals surface area contributed by atoms with E-state index in [0.29, 0.717) is 30.2 Å². The molecule has 1 fully saturated rings. The van der Waals surface area contributed by atoms with Crippen molar-refractivity contribution in [1.29, 1.82) is 0 Å². The monoisotopic (exact) mass is 520 g/mol. The number of carbonyl (C=O) groups excluding carboxylic acids is 2. The predicted octanol–water partition coefficient (Wildman–Crippen LogP) is 6.52. The van der Waals surface area contributed by atoms with Gasteiger partial charge in [0.1, 0.15) is 6.04 Å². The summed E-state index contributed by atoms with van der Waals surface area (Å²) in [5.41, 5.74) is 2.06. The van der Waals surface area contributed by atoms with Gasteiger partial charge in [-0.15, -0.1) is 11.8 Å². The molecule has 1 atom stereocenters. The Kier molecular flexibility index (Phi) is 9.88. The summed E-state index contributed by atoms with van der Waals surface area (Å²) in [4.78, 5) is 30.2. The van der Waals surface area contributed by atoms with Crippen LogP contribution in [0.25, 0.3) is 0 Å². The van der Waals surface area contributed by atoms with Crippen LogP contribution >= 0.6 is 23.4 Å². The number of benzene rings is 3. The van der Waals surface area contributed by atoms with Crippen LogP contribution in [-0.4, -0.2) is 34.6 Å². The Morgan fingerprint density at radius 3 is 2.14 bits per heavy atom. The van der Waals surface area contributed by atoms with Crippen molar-refractivity contribution < 1.29 is 9.59 Å². The van der Waals surface area contributed by atoms with Gasteiger partial charge in [-0.1, -0.05) is 85.1 Å². The van der Waals surface area contributed by atoms with Crippen LogP contribution < -0.4 is 5.32 Å². The van der Waals surface area contributed by atoms with Crippen molar-refractivity contribution in [1.82, 2.24) is 10.2 Å². The number of hydrogen-bond donors (Lipinski definition) is 1. The van der Waals surface area contributed by atoms with Crippen molar-refractivity contribution in [3.8, 4) is 0 Å². The first-order valence-corrected chi connectivity index (χ1v) is 14.0. The second-order valence-electron chi connectivity index (χ2n) is 9.26. The minimum absolute atomic E-state index is 0.0113. The van der Waals surface area contributed by atoms with Gasteiger partial charge in [-0.2, -0.15) is 0 Å². The Balaban J connectivity index is 1.53. The molecule has 2 amide bonds. The summed E-state index contributed by atoms with van der Waals surface area (Å²) >= 11 is 7.62. The molecule has 188 valence electrons. The van der Waals surface area contributed by atoms with E-state index in [1.807, 2.05) is 84.9 Å². The highest BCUT2D eigenvalue weighted by atomic mass is 35.5. The minimum Gasteiger partial charge on any atom is -0.352 e. The highest BCUT2D eigenvalue weighted by Gasteiger charge is 2.31. The number of hydrogen-bond acceptors (Lipinski definition) is 3. The van der Waals surface area contributed by atoms with Gasteiger partial charge in [-0.3, -0.25) is 9.59 Å². The average molecular weight is 521 g/mol. The first-order valence-electron chi connectivity index (χ1n) is 12.6. The van der Waals surface area contributed by atoms with Gasteiger partial charge in [-0.25, -0.2) is 0 Å². The molecule has 4 nitrogen and oxygen atoms in total. The first-order chi connectivity index (χ1) is 17.6. The van der Waals surface area contributed by atoms with Gasteiger partial charge in [0.05, 0.1) is 0 Å². The molecule has 3 aromatic rings. The van der Waals surface area contributed by atoms with Crippen LogP contribution in [0.2, 0.25) is 5.02 Å². The molecule has 1 N–H and O–H groups in total. The van der Waals surface area contributed by atoms with E-state index in [1.165, 1.54) is 0 Å². The average Bonchev–Trinajstić information content (AvgIpc) is 3.41. The van der Waals surface area contributed by atoms with E-state index < -0.39 is 6.04 Å². The van der Waals surface area contributed by atoms with E-state index in [-0.39, 0.29) is 17.9 Å². The third-order valence-corrected chi connectivity index (χ3v) is 7.83. The van der Waals surface area contributed by atoms with E-state index in [2.05, 4.69) is 5.32 Å². The quantitative estimate of drug-likeness (QED) is 0.293. The van der Waals surface area contributed by atoms with Crippen LogP contribution in [-0.2, 0) is 22.6 Å². The second kappa shape index (κ2) is 13.5. The van der Waals surface area contributed by atoms with Crippen molar-refractivity contribution in [3.05, 3.63) is 101 Å². The Morgan fingerprint density at radius 2 is 1.50 bits per heavy atom. The van der Waals surface area contributed by atoms with E-state index >= 15 is 0 Å². The summed E-state index contributed by atoms with van der Waals surface area (Å²) in [5, 5.41) is 3.95. The van der Waals surface area contributed by atoms with Crippen molar-refractivity contribution >= 4 is 35.2 Å². The lowest BCUT2D eigenvalue weighted by molar-refractivity contribution is -0.141. The second-order valence-corrected chi connectivity index (χ2v) is 10.9. The molecule has 0 saturated heterocycles. The fourth-order valence-corrected chi connectivity index (χ4v) is 5.60. The predicted molar refractivity (Wildman–Crippen MR) is 148 cm³/mol. The summed E-state index contributed by atoms with van der Waals surface area (Å²) in [6.07, 6.45) is 5.14. The molecule has 1 aliphatic carbocycles. The molecule has 0 spiro atoms. The van der Waals surface area contributed by atoms with Gasteiger partial charge in [0.25, 0.3) is 0 Å². The van der Waals surface area contributed by atoms with Gasteiger partial charge in [0, 0.05) is 41.1 Å². The van der Waals surface area contributed by atoms with Crippen LogP contribution in [0.4, 0.5) is 0 Å². The maximum absolute atomic E-state index is 13.7. The highest BCUT2D eigenvalue weighted by Crippen LogP contribution is 2.23. The number of amides is 2. The number of thioether (sulfide) groups is 1. The Bertz CT molecular complexity index is 1100. The molecular weight excluding hydrogens is 488 g/mol. The topological polar surface area (TPSA) is 49.4 Å². The lowest BCUT2D eigenvalue weighted by Gasteiger charge is -2.32. The third-order valence-electron chi connectivity index (χ3n) is 6.57. The van der Waals surface area contributed by atoms with Gasteiger partial charge in [0.15, 0.2) is 0 Å². The van der Waals surface area contributed by atoms with E-state index in [0.717, 1.165) is 41.7 Å². The van der Waals surface area contributed by atoms with Crippen LogP contribution in [0.15, 0.2) is 89.8 Å². The number of nitrogens with zero attached hydrogens (tertiary/aromatic N) is 1. The zero-order valence-electron chi connectivity index (χ0n) is 20.4. The summed E-state index contributed by atoms with van der Waals surface area (Å²) < 4.78 is 0. The molecule has 0 heterocycles. The van der Waals surface area contributed by atoms with Gasteiger partial charge in [-0.05, 0) is 48.2 Å². The maximum atomic E-state index is 13.7. The number of halogens is 1. The van der Waals surface area contributed by atoms with Gasteiger partial charge in [0.2, 0.25) is 11.8 Å². The number of rotatable bonds is 11. The molecule has 0 radical (unpaired) electrons. The maximum Gasteiger partial charge on any atom is 0.243 e.